The molecule has 1 atom stereocenters. The lowest BCUT2D eigenvalue weighted by atomic mass is 9.97. The number of para-hydroxylation sites is 1. The summed E-state index contributed by atoms with van der Waals surface area (Å²) in [4.78, 5) is 29.9. The van der Waals surface area contributed by atoms with Gasteiger partial charge in [0.2, 0.25) is 5.91 Å². The molecule has 2 aromatic carbocycles. The molecular weight excluding hydrogens is 523 g/mol. The third-order valence-corrected chi connectivity index (χ3v) is 8.30. The average molecular weight is 561 g/mol. The Bertz CT molecular complexity index is 1610. The number of aromatic nitrogens is 3. The maximum atomic E-state index is 13.1. The number of benzene rings is 2. The molecule has 2 aromatic heterocycles. The van der Waals surface area contributed by atoms with Gasteiger partial charge in [0.15, 0.2) is 5.82 Å². The van der Waals surface area contributed by atoms with Crippen LogP contribution < -0.4 is 15.8 Å². The molecule has 1 saturated heterocycles. The van der Waals surface area contributed by atoms with Crippen LogP contribution in [-0.4, -0.2) is 70.3 Å². The highest BCUT2D eigenvalue weighted by Gasteiger charge is 2.29. The molecular formula is C31H37FN6O3. The highest BCUT2D eigenvalue weighted by molar-refractivity contribution is 6.01. The SMILES string of the molecule is COc1cccc2cc(-c3nc4cc5c(cc4n3C)CCN(CC(N)CF)C5=O)n(CC3CC3)c12.O=C1CCCN1. The summed E-state index contributed by atoms with van der Waals surface area (Å²) in [5, 5.41) is 3.81. The Hall–Kier alpha value is -3.92. The Balaban J connectivity index is 0.000000449. The lowest BCUT2D eigenvalue weighted by Gasteiger charge is -2.30. The third kappa shape index (κ3) is 5.28. The fourth-order valence-corrected chi connectivity index (χ4v) is 5.90. The Morgan fingerprint density at radius 1 is 1.20 bits per heavy atom. The summed E-state index contributed by atoms with van der Waals surface area (Å²) < 4.78 is 23.1. The molecule has 2 amide bonds. The molecule has 0 spiro atoms. The number of imidazole rings is 1. The van der Waals surface area contributed by atoms with Gasteiger partial charge in [-0.2, -0.15) is 0 Å². The minimum atomic E-state index is -0.656. The van der Waals surface area contributed by atoms with Crippen LogP contribution in [0.5, 0.6) is 5.75 Å². The molecule has 0 radical (unpaired) electrons. The molecule has 1 saturated carbocycles. The summed E-state index contributed by atoms with van der Waals surface area (Å²) in [5.41, 5.74) is 11.3. The van der Waals surface area contributed by atoms with E-state index in [1.165, 1.54) is 12.8 Å². The molecule has 9 nitrogen and oxygen atoms in total. The minimum absolute atomic E-state index is 0.100. The molecule has 41 heavy (non-hydrogen) atoms. The number of ether oxygens (including phenoxy) is 1. The van der Waals surface area contributed by atoms with E-state index in [1.54, 1.807) is 12.0 Å². The summed E-state index contributed by atoms with van der Waals surface area (Å²) >= 11 is 0. The van der Waals surface area contributed by atoms with E-state index >= 15 is 0 Å². The molecule has 0 bridgehead atoms. The van der Waals surface area contributed by atoms with Crippen LogP contribution in [0.3, 0.4) is 0 Å². The standard InChI is InChI=1S/C27H30FN5O2.C4H7NO/c1-31-22-10-17-8-9-32(15-19(29)13-28)27(34)20(17)12-21(22)30-26(31)23-11-18-4-3-5-24(35-2)25(18)33(23)14-16-6-7-16;6-4-2-1-3-5-4/h3-5,10-12,16,19H,6-9,13-15,29H2,1-2H3;1-3H2,(H,5,6). The van der Waals surface area contributed by atoms with Crippen LogP contribution in [0.2, 0.25) is 0 Å². The van der Waals surface area contributed by atoms with Crippen molar-refractivity contribution in [3.8, 4) is 17.3 Å². The zero-order valence-corrected chi connectivity index (χ0v) is 23.7. The number of amides is 2. The second-order valence-corrected chi connectivity index (χ2v) is 11.3. The zero-order chi connectivity index (χ0) is 28.7. The first-order valence-electron chi connectivity index (χ1n) is 14.4. The maximum absolute atomic E-state index is 13.1. The van der Waals surface area contributed by atoms with Gasteiger partial charge in [0.1, 0.15) is 12.4 Å². The number of halogens is 1. The predicted octanol–water partition coefficient (Wildman–Crippen LogP) is 3.81. The molecule has 2 fully saturated rings. The molecule has 7 rings (SSSR count). The number of carbonyl (C=O) groups excluding carboxylic acids is 2. The van der Waals surface area contributed by atoms with E-state index in [0.29, 0.717) is 18.0 Å². The number of aryl methyl sites for hydroxylation is 1. The topological polar surface area (TPSA) is 107 Å². The molecule has 4 aromatic rings. The number of nitrogens with two attached hydrogens (primary N) is 1. The fraction of sp³-hybridized carbons (Fsp3) is 0.452. The van der Waals surface area contributed by atoms with E-state index in [-0.39, 0.29) is 18.4 Å². The number of hydrogen-bond donors (Lipinski definition) is 2. The highest BCUT2D eigenvalue weighted by Crippen LogP contribution is 2.39. The van der Waals surface area contributed by atoms with Crippen molar-refractivity contribution in [1.29, 1.82) is 0 Å². The van der Waals surface area contributed by atoms with Crippen molar-refractivity contribution >= 4 is 33.8 Å². The summed E-state index contributed by atoms with van der Waals surface area (Å²) in [5.74, 6) is 2.51. The lowest BCUT2D eigenvalue weighted by Crippen LogP contribution is -2.45. The van der Waals surface area contributed by atoms with Crippen LogP contribution in [-0.2, 0) is 24.8 Å². The molecule has 10 heteroatoms. The van der Waals surface area contributed by atoms with Crippen molar-refractivity contribution in [3.05, 3.63) is 47.5 Å². The van der Waals surface area contributed by atoms with Crippen LogP contribution in [0.4, 0.5) is 4.39 Å². The second-order valence-electron chi connectivity index (χ2n) is 11.3. The molecule has 2 aliphatic heterocycles. The van der Waals surface area contributed by atoms with Gasteiger partial charge in [-0.3, -0.25) is 9.59 Å². The number of nitrogens with one attached hydrogen (secondary N) is 1. The van der Waals surface area contributed by atoms with Gasteiger partial charge in [-0.1, -0.05) is 12.1 Å². The predicted molar refractivity (Wildman–Crippen MR) is 157 cm³/mol. The van der Waals surface area contributed by atoms with E-state index in [9.17, 15) is 14.0 Å². The Morgan fingerprint density at radius 2 is 2.02 bits per heavy atom. The summed E-state index contributed by atoms with van der Waals surface area (Å²) in [7, 11) is 3.74. The molecule has 1 unspecified atom stereocenters. The van der Waals surface area contributed by atoms with Crippen LogP contribution in [0, 0.1) is 5.92 Å². The van der Waals surface area contributed by atoms with Crippen molar-refractivity contribution in [3.63, 3.8) is 0 Å². The summed E-state index contributed by atoms with van der Waals surface area (Å²) in [6.07, 6.45) is 4.97. The minimum Gasteiger partial charge on any atom is -0.495 e. The maximum Gasteiger partial charge on any atom is 0.254 e. The lowest BCUT2D eigenvalue weighted by molar-refractivity contribution is -0.119. The first-order chi connectivity index (χ1) is 19.9. The molecule has 216 valence electrons. The van der Waals surface area contributed by atoms with Crippen molar-refractivity contribution in [2.24, 2.45) is 18.7 Å². The number of rotatable bonds is 7. The van der Waals surface area contributed by atoms with Crippen LogP contribution in [0.1, 0.15) is 41.6 Å². The van der Waals surface area contributed by atoms with Gasteiger partial charge >= 0.3 is 0 Å². The highest BCUT2D eigenvalue weighted by atomic mass is 19.1. The van der Waals surface area contributed by atoms with Crippen molar-refractivity contribution in [2.75, 3.05) is 33.4 Å². The van der Waals surface area contributed by atoms with E-state index in [2.05, 4.69) is 32.7 Å². The third-order valence-electron chi connectivity index (χ3n) is 8.30. The van der Waals surface area contributed by atoms with Crippen molar-refractivity contribution < 1.29 is 18.7 Å². The van der Waals surface area contributed by atoms with Gasteiger partial charge in [0.05, 0.1) is 35.4 Å². The van der Waals surface area contributed by atoms with Gasteiger partial charge < -0.3 is 29.8 Å². The Morgan fingerprint density at radius 3 is 2.68 bits per heavy atom. The largest absolute Gasteiger partial charge is 0.495 e. The first kappa shape index (κ1) is 27.3. The quantitative estimate of drug-likeness (QED) is 0.358. The van der Waals surface area contributed by atoms with Gasteiger partial charge in [-0.15, -0.1) is 0 Å². The smallest absolute Gasteiger partial charge is 0.254 e. The number of carbonyl (C=O) groups is 2. The van der Waals surface area contributed by atoms with Crippen molar-refractivity contribution in [1.82, 2.24) is 24.3 Å². The number of nitrogens with zero attached hydrogens (tertiary/aromatic N) is 4. The zero-order valence-electron chi connectivity index (χ0n) is 23.7. The monoisotopic (exact) mass is 560 g/mol. The van der Waals surface area contributed by atoms with E-state index in [4.69, 9.17) is 15.5 Å². The number of alkyl halides is 1. The van der Waals surface area contributed by atoms with Gasteiger partial charge in [-0.05, 0) is 61.4 Å². The number of fused-ring (bicyclic) bond motifs is 3. The Kier molecular flexibility index (Phi) is 7.42. The fourth-order valence-electron chi connectivity index (χ4n) is 5.90. The summed E-state index contributed by atoms with van der Waals surface area (Å²) in [6.45, 7) is 1.95. The van der Waals surface area contributed by atoms with Gasteiger partial charge in [-0.25, -0.2) is 9.37 Å². The van der Waals surface area contributed by atoms with Gasteiger partial charge in [0, 0.05) is 50.6 Å². The molecule has 4 heterocycles. The second kappa shape index (κ2) is 11.2. The van der Waals surface area contributed by atoms with Gasteiger partial charge in [0.25, 0.3) is 5.91 Å². The first-order valence-corrected chi connectivity index (χ1v) is 14.4. The van der Waals surface area contributed by atoms with Crippen LogP contribution in [0.25, 0.3) is 33.5 Å². The van der Waals surface area contributed by atoms with E-state index in [0.717, 1.165) is 77.1 Å². The molecule has 3 aliphatic rings. The van der Waals surface area contributed by atoms with Crippen LogP contribution >= 0.6 is 0 Å². The average Bonchev–Trinajstić information content (AvgIpc) is 3.39. The Labute approximate surface area is 238 Å². The van der Waals surface area contributed by atoms with Crippen molar-refractivity contribution in [2.45, 2.75) is 44.7 Å². The van der Waals surface area contributed by atoms with E-state index < -0.39 is 12.7 Å². The summed E-state index contributed by atoms with van der Waals surface area (Å²) in [6, 6.07) is 11.6. The number of hydrogen-bond acceptors (Lipinski definition) is 5. The van der Waals surface area contributed by atoms with Crippen LogP contribution in [0.15, 0.2) is 36.4 Å². The number of methoxy groups -OCH3 is 1. The molecule has 1 aliphatic carbocycles. The van der Waals surface area contributed by atoms with E-state index in [1.807, 2.05) is 25.2 Å². The molecule has 3 N–H and O–H groups in total. The normalized spacial score (nSPS) is 17.4.